The second-order valence-electron chi connectivity index (χ2n) is 5.65. The second-order valence-corrected chi connectivity index (χ2v) is 8.61. The average molecular weight is 373 g/mol. The minimum absolute atomic E-state index is 0.0589. The van der Waals surface area contributed by atoms with Crippen molar-refractivity contribution in [2.75, 3.05) is 10.5 Å². The predicted octanol–water partition coefficient (Wildman–Crippen LogP) is 4.85. The van der Waals surface area contributed by atoms with Gasteiger partial charge in [0.25, 0.3) is 0 Å². The van der Waals surface area contributed by atoms with Gasteiger partial charge in [0, 0.05) is 15.7 Å². The van der Waals surface area contributed by atoms with E-state index < -0.39 is 10.0 Å². The fraction of sp³-hybridized carbons (Fsp3) is 0.158. The number of anilines is 1. The Labute approximate surface area is 151 Å². The molecule has 3 aromatic carbocycles. The molecule has 3 rings (SSSR count). The Kier molecular flexibility index (Phi) is 5.20. The van der Waals surface area contributed by atoms with Gasteiger partial charge in [0.05, 0.1) is 16.3 Å². The van der Waals surface area contributed by atoms with Crippen LogP contribution in [0.4, 0.5) is 5.69 Å². The molecular formula is C19H19NO3S2. The van der Waals surface area contributed by atoms with Crippen LogP contribution in [0.25, 0.3) is 10.8 Å². The van der Waals surface area contributed by atoms with Crippen LogP contribution < -0.4 is 4.72 Å². The first-order valence-corrected chi connectivity index (χ1v) is 10.4. The molecule has 0 aliphatic rings. The van der Waals surface area contributed by atoms with Crippen molar-refractivity contribution in [3.05, 3.63) is 60.7 Å². The first-order valence-electron chi connectivity index (χ1n) is 7.98. The third kappa shape index (κ3) is 4.08. The highest BCUT2D eigenvalue weighted by Gasteiger charge is 2.16. The molecule has 2 N–H and O–H groups in total. The number of rotatable bonds is 6. The Morgan fingerprint density at radius 3 is 2.32 bits per heavy atom. The van der Waals surface area contributed by atoms with Crippen molar-refractivity contribution in [3.8, 4) is 5.75 Å². The van der Waals surface area contributed by atoms with Crippen molar-refractivity contribution >= 4 is 38.2 Å². The number of benzene rings is 3. The summed E-state index contributed by atoms with van der Waals surface area (Å²) >= 11 is 1.40. The quantitative estimate of drug-likeness (QED) is 0.606. The van der Waals surface area contributed by atoms with Crippen molar-refractivity contribution in [1.82, 2.24) is 0 Å². The lowest BCUT2D eigenvalue weighted by Crippen LogP contribution is -2.16. The topological polar surface area (TPSA) is 66.4 Å². The van der Waals surface area contributed by atoms with Gasteiger partial charge >= 0.3 is 0 Å². The number of fused-ring (bicyclic) bond motifs is 1. The largest absolute Gasteiger partial charge is 0.506 e. The summed E-state index contributed by atoms with van der Waals surface area (Å²) < 4.78 is 27.1. The van der Waals surface area contributed by atoms with Crippen molar-refractivity contribution in [3.63, 3.8) is 0 Å². The Morgan fingerprint density at radius 2 is 1.64 bits per heavy atom. The fourth-order valence-electron chi connectivity index (χ4n) is 2.60. The molecule has 0 aliphatic carbocycles. The van der Waals surface area contributed by atoms with E-state index in [1.807, 2.05) is 49.4 Å². The molecule has 6 heteroatoms. The van der Waals surface area contributed by atoms with E-state index in [9.17, 15) is 13.5 Å². The van der Waals surface area contributed by atoms with Gasteiger partial charge in [-0.25, -0.2) is 8.42 Å². The molecule has 0 atom stereocenters. The fourth-order valence-corrected chi connectivity index (χ4v) is 4.67. The molecular weight excluding hydrogens is 354 g/mol. The summed E-state index contributed by atoms with van der Waals surface area (Å²) in [5, 5.41) is 11.9. The van der Waals surface area contributed by atoms with Crippen LogP contribution in [0.1, 0.15) is 13.3 Å². The van der Waals surface area contributed by atoms with Crippen molar-refractivity contribution in [2.45, 2.75) is 23.1 Å². The number of sulfonamides is 1. The predicted molar refractivity (Wildman–Crippen MR) is 104 cm³/mol. The summed E-state index contributed by atoms with van der Waals surface area (Å²) in [6, 6.07) is 18.6. The first kappa shape index (κ1) is 17.6. The van der Waals surface area contributed by atoms with E-state index in [0.29, 0.717) is 27.8 Å². The molecule has 0 saturated heterocycles. The number of nitrogens with one attached hydrogen (secondary N) is 1. The molecule has 0 fully saturated rings. The molecule has 0 unspecified atom stereocenters. The van der Waals surface area contributed by atoms with Gasteiger partial charge in [0.2, 0.25) is 10.0 Å². The smallest absolute Gasteiger partial charge is 0.232 e. The highest BCUT2D eigenvalue weighted by Crippen LogP contribution is 2.42. The Hall–Kier alpha value is -2.18. The highest BCUT2D eigenvalue weighted by molar-refractivity contribution is 7.99. The van der Waals surface area contributed by atoms with Gasteiger partial charge in [0.1, 0.15) is 5.75 Å². The number of hydrogen-bond acceptors (Lipinski definition) is 4. The van der Waals surface area contributed by atoms with Crippen LogP contribution in [0.3, 0.4) is 0 Å². The minimum atomic E-state index is -3.42. The molecule has 130 valence electrons. The lowest BCUT2D eigenvalue weighted by Gasteiger charge is -2.14. The van der Waals surface area contributed by atoms with Gasteiger partial charge in [-0.15, -0.1) is 0 Å². The van der Waals surface area contributed by atoms with Crippen molar-refractivity contribution < 1.29 is 13.5 Å². The van der Waals surface area contributed by atoms with Crippen molar-refractivity contribution in [1.29, 1.82) is 0 Å². The van der Waals surface area contributed by atoms with Gasteiger partial charge < -0.3 is 5.11 Å². The van der Waals surface area contributed by atoms with E-state index in [1.165, 1.54) is 11.8 Å². The van der Waals surface area contributed by atoms with Gasteiger partial charge in [0.15, 0.2) is 0 Å². The van der Waals surface area contributed by atoms with E-state index in [-0.39, 0.29) is 11.5 Å². The summed E-state index contributed by atoms with van der Waals surface area (Å²) in [4.78, 5) is 1.58. The van der Waals surface area contributed by atoms with Gasteiger partial charge in [-0.3, -0.25) is 4.72 Å². The lowest BCUT2D eigenvalue weighted by atomic mass is 10.1. The van der Waals surface area contributed by atoms with Crippen LogP contribution >= 0.6 is 11.8 Å². The minimum Gasteiger partial charge on any atom is -0.506 e. The van der Waals surface area contributed by atoms with Crippen LogP contribution in [0, 0.1) is 0 Å². The van der Waals surface area contributed by atoms with Crippen molar-refractivity contribution in [2.24, 2.45) is 0 Å². The maximum atomic E-state index is 12.2. The summed E-state index contributed by atoms with van der Waals surface area (Å²) in [6.07, 6.45) is 0.539. The highest BCUT2D eigenvalue weighted by atomic mass is 32.2. The number of phenolic OH excluding ortho intramolecular Hbond substituents is 1. The average Bonchev–Trinajstić information content (AvgIpc) is 2.60. The molecule has 4 nitrogen and oxygen atoms in total. The first-order chi connectivity index (χ1) is 12.0. The lowest BCUT2D eigenvalue weighted by molar-refractivity contribution is 0.469. The maximum Gasteiger partial charge on any atom is 0.232 e. The zero-order chi connectivity index (χ0) is 17.9. The zero-order valence-corrected chi connectivity index (χ0v) is 15.4. The third-order valence-electron chi connectivity index (χ3n) is 3.69. The molecule has 0 aromatic heterocycles. The molecule has 0 amide bonds. The zero-order valence-electron chi connectivity index (χ0n) is 13.8. The molecule has 3 aromatic rings. The summed E-state index contributed by atoms with van der Waals surface area (Å²) in [7, 11) is -3.42. The van der Waals surface area contributed by atoms with Gasteiger partial charge in [-0.05, 0) is 24.6 Å². The summed E-state index contributed by atoms with van der Waals surface area (Å²) in [6.45, 7) is 1.82. The molecule has 0 bridgehead atoms. The van der Waals surface area contributed by atoms with Crippen LogP contribution in [0.2, 0.25) is 0 Å². The molecule has 0 saturated carbocycles. The van der Waals surface area contributed by atoms with Gasteiger partial charge in [-0.2, -0.15) is 0 Å². The SMILES string of the molecule is CCCS(=O)(=O)Nc1cc(Sc2ccccc2)c(O)c2ccccc12. The number of phenols is 1. The van der Waals surface area contributed by atoms with E-state index in [4.69, 9.17) is 0 Å². The molecule has 0 aliphatic heterocycles. The Balaban J connectivity index is 2.11. The van der Waals surface area contributed by atoms with E-state index in [0.717, 1.165) is 4.90 Å². The third-order valence-corrected chi connectivity index (χ3v) is 6.21. The van der Waals surface area contributed by atoms with E-state index in [1.54, 1.807) is 18.2 Å². The normalized spacial score (nSPS) is 11.6. The van der Waals surface area contributed by atoms with Crippen LogP contribution in [-0.2, 0) is 10.0 Å². The van der Waals surface area contributed by atoms with Gasteiger partial charge in [-0.1, -0.05) is 61.2 Å². The maximum absolute atomic E-state index is 12.2. The van der Waals surface area contributed by atoms with E-state index in [2.05, 4.69) is 4.72 Å². The monoisotopic (exact) mass is 373 g/mol. The second kappa shape index (κ2) is 7.37. The molecule has 25 heavy (non-hydrogen) atoms. The molecule has 0 heterocycles. The Bertz CT molecular complexity index is 986. The summed E-state index contributed by atoms with van der Waals surface area (Å²) in [5.41, 5.74) is 0.486. The molecule has 0 radical (unpaired) electrons. The summed E-state index contributed by atoms with van der Waals surface area (Å²) in [5.74, 6) is 0.214. The molecule has 0 spiro atoms. The number of hydrogen-bond donors (Lipinski definition) is 2. The van der Waals surface area contributed by atoms with E-state index >= 15 is 0 Å². The van der Waals surface area contributed by atoms with Crippen LogP contribution in [0.15, 0.2) is 70.5 Å². The van der Waals surface area contributed by atoms with Crippen LogP contribution in [-0.4, -0.2) is 19.3 Å². The Morgan fingerprint density at radius 1 is 1.00 bits per heavy atom. The standard InChI is InChI=1S/C19H19NO3S2/c1-2-12-25(22,23)20-17-13-18(24-14-8-4-3-5-9-14)19(21)16-11-7-6-10-15(16)17/h3-11,13,20-21H,2,12H2,1H3. The number of aromatic hydroxyl groups is 1. The van der Waals surface area contributed by atoms with Crippen LogP contribution in [0.5, 0.6) is 5.75 Å².